The fourth-order valence-corrected chi connectivity index (χ4v) is 5.71. The molecule has 0 saturated carbocycles. The lowest BCUT2D eigenvalue weighted by molar-refractivity contribution is -0.142. The fraction of sp³-hybridized carbons (Fsp3) is 0.417. The number of carbonyl (C=O) groups is 1. The molecule has 156 valence electrons. The third kappa shape index (κ3) is 4.00. The van der Waals surface area contributed by atoms with Gasteiger partial charge in [0.1, 0.15) is 6.04 Å². The van der Waals surface area contributed by atoms with E-state index in [-0.39, 0.29) is 11.9 Å². The number of para-hydroxylation sites is 1. The van der Waals surface area contributed by atoms with E-state index in [0.717, 1.165) is 37.0 Å². The van der Waals surface area contributed by atoms with Crippen LogP contribution in [0.25, 0.3) is 10.2 Å². The topological polar surface area (TPSA) is 45.7 Å². The van der Waals surface area contributed by atoms with E-state index in [2.05, 4.69) is 41.3 Å². The van der Waals surface area contributed by atoms with Crippen LogP contribution in [0.15, 0.2) is 54.6 Å². The molecule has 3 heterocycles. The minimum atomic E-state index is -0.208. The molecular weight excluding hydrogens is 394 g/mol. The molecule has 0 bridgehead atoms. The lowest BCUT2D eigenvalue weighted by Crippen LogP contribution is -2.49. The monoisotopic (exact) mass is 421 g/mol. The Bertz CT molecular complexity index is 959. The van der Waals surface area contributed by atoms with E-state index in [1.807, 2.05) is 34.4 Å². The summed E-state index contributed by atoms with van der Waals surface area (Å²) in [5, 5.41) is 1.24. The van der Waals surface area contributed by atoms with Gasteiger partial charge in [-0.25, -0.2) is 4.98 Å². The first kappa shape index (κ1) is 19.7. The van der Waals surface area contributed by atoms with Gasteiger partial charge in [0.25, 0.3) is 0 Å². The number of rotatable bonds is 4. The second-order valence-corrected chi connectivity index (χ2v) is 9.14. The smallest absolute Gasteiger partial charge is 0.244 e. The van der Waals surface area contributed by atoms with E-state index in [0.29, 0.717) is 32.2 Å². The molecule has 5 nitrogen and oxygen atoms in total. The van der Waals surface area contributed by atoms with Crippen LogP contribution in [0.3, 0.4) is 0 Å². The highest BCUT2D eigenvalue weighted by Gasteiger charge is 2.35. The zero-order valence-corrected chi connectivity index (χ0v) is 17.9. The minimum Gasteiger partial charge on any atom is -0.378 e. The number of carbonyl (C=O) groups excluding carboxylic acids is 1. The van der Waals surface area contributed by atoms with Gasteiger partial charge >= 0.3 is 0 Å². The van der Waals surface area contributed by atoms with Crippen LogP contribution in [0.1, 0.15) is 35.4 Å². The summed E-state index contributed by atoms with van der Waals surface area (Å²) in [5.74, 6) is 0.691. The Kier molecular flexibility index (Phi) is 5.79. The summed E-state index contributed by atoms with van der Waals surface area (Å²) in [6.45, 7) is 4.46. The lowest BCUT2D eigenvalue weighted by atomic mass is 9.94. The summed E-state index contributed by atoms with van der Waals surface area (Å²) in [6.07, 6.45) is 2.08. The average molecular weight is 422 g/mol. The number of benzene rings is 2. The predicted octanol–water partition coefficient (Wildman–Crippen LogP) is 4.08. The SMILES string of the molecule is O=C(C(c1ccccc1)N1CCC(c2nc3ccccc3s2)CC1)N1CCOCC1. The molecule has 0 N–H and O–H groups in total. The van der Waals surface area contributed by atoms with Gasteiger partial charge < -0.3 is 9.64 Å². The third-order valence-corrected chi connectivity index (χ3v) is 7.43. The van der Waals surface area contributed by atoms with Crippen LogP contribution < -0.4 is 0 Å². The summed E-state index contributed by atoms with van der Waals surface area (Å²) in [6, 6.07) is 18.4. The van der Waals surface area contributed by atoms with Crippen molar-refractivity contribution >= 4 is 27.5 Å². The fourth-order valence-electron chi connectivity index (χ4n) is 4.57. The van der Waals surface area contributed by atoms with Crippen LogP contribution in [-0.2, 0) is 9.53 Å². The van der Waals surface area contributed by atoms with Crippen molar-refractivity contribution in [3.63, 3.8) is 0 Å². The molecule has 1 aromatic heterocycles. The van der Waals surface area contributed by atoms with Crippen LogP contribution in [0, 0.1) is 0 Å². The second kappa shape index (κ2) is 8.84. The summed E-state index contributed by atoms with van der Waals surface area (Å²) >= 11 is 1.82. The van der Waals surface area contributed by atoms with Crippen LogP contribution >= 0.6 is 11.3 Å². The number of piperidine rings is 1. The molecule has 1 unspecified atom stereocenters. The molecule has 2 fully saturated rings. The van der Waals surface area contributed by atoms with Crippen molar-refractivity contribution in [3.05, 3.63) is 65.2 Å². The Labute approximate surface area is 181 Å². The molecule has 0 spiro atoms. The zero-order valence-electron chi connectivity index (χ0n) is 17.1. The molecular formula is C24H27N3O2S. The highest BCUT2D eigenvalue weighted by Crippen LogP contribution is 2.36. The van der Waals surface area contributed by atoms with Gasteiger partial charge in [-0.15, -0.1) is 11.3 Å². The molecule has 2 aliphatic rings. The number of ether oxygens (including phenoxy) is 1. The van der Waals surface area contributed by atoms with E-state index >= 15 is 0 Å². The van der Waals surface area contributed by atoms with Gasteiger partial charge in [-0.2, -0.15) is 0 Å². The predicted molar refractivity (Wildman–Crippen MR) is 120 cm³/mol. The molecule has 1 amide bonds. The van der Waals surface area contributed by atoms with Crippen molar-refractivity contribution in [1.82, 2.24) is 14.8 Å². The second-order valence-electron chi connectivity index (χ2n) is 8.08. The van der Waals surface area contributed by atoms with E-state index in [4.69, 9.17) is 9.72 Å². The van der Waals surface area contributed by atoms with Crippen molar-refractivity contribution in [2.45, 2.75) is 24.8 Å². The number of hydrogen-bond acceptors (Lipinski definition) is 5. The average Bonchev–Trinajstić information content (AvgIpc) is 3.25. The lowest BCUT2D eigenvalue weighted by Gasteiger charge is -2.39. The van der Waals surface area contributed by atoms with Crippen molar-refractivity contribution in [3.8, 4) is 0 Å². The molecule has 1 atom stereocenters. The van der Waals surface area contributed by atoms with Crippen molar-refractivity contribution < 1.29 is 9.53 Å². The Balaban J connectivity index is 1.33. The van der Waals surface area contributed by atoms with Crippen molar-refractivity contribution in [2.24, 2.45) is 0 Å². The van der Waals surface area contributed by atoms with Crippen LogP contribution in [0.2, 0.25) is 0 Å². The largest absolute Gasteiger partial charge is 0.378 e. The molecule has 2 aromatic carbocycles. The highest BCUT2D eigenvalue weighted by atomic mass is 32.1. The zero-order chi connectivity index (χ0) is 20.3. The van der Waals surface area contributed by atoms with Crippen molar-refractivity contribution in [2.75, 3.05) is 39.4 Å². The maximum absolute atomic E-state index is 13.5. The van der Waals surface area contributed by atoms with Gasteiger partial charge in [0, 0.05) is 19.0 Å². The molecule has 6 heteroatoms. The van der Waals surface area contributed by atoms with Crippen LogP contribution in [-0.4, -0.2) is 60.1 Å². The summed E-state index contributed by atoms with van der Waals surface area (Å²) in [7, 11) is 0. The molecule has 2 saturated heterocycles. The Hall–Kier alpha value is -2.28. The molecule has 0 radical (unpaired) electrons. The molecule has 2 aliphatic heterocycles. The Morgan fingerprint density at radius 1 is 0.967 bits per heavy atom. The normalized spacial score (nSPS) is 19.8. The van der Waals surface area contributed by atoms with Crippen LogP contribution in [0.5, 0.6) is 0 Å². The first-order chi connectivity index (χ1) is 14.8. The van der Waals surface area contributed by atoms with Gasteiger partial charge in [0.15, 0.2) is 0 Å². The number of aromatic nitrogens is 1. The number of thiazole rings is 1. The number of amides is 1. The van der Waals surface area contributed by atoms with Crippen LogP contribution in [0.4, 0.5) is 0 Å². The summed E-state index contributed by atoms with van der Waals surface area (Å²) in [4.78, 5) is 22.7. The van der Waals surface area contributed by atoms with Gasteiger partial charge in [-0.05, 0) is 43.6 Å². The Morgan fingerprint density at radius 2 is 1.67 bits per heavy atom. The number of likely N-dealkylation sites (tertiary alicyclic amines) is 1. The van der Waals surface area contributed by atoms with E-state index in [1.165, 1.54) is 9.71 Å². The number of fused-ring (bicyclic) bond motifs is 1. The summed E-state index contributed by atoms with van der Waals surface area (Å²) in [5.41, 5.74) is 2.19. The maximum Gasteiger partial charge on any atom is 0.244 e. The van der Waals surface area contributed by atoms with Crippen molar-refractivity contribution in [1.29, 1.82) is 0 Å². The minimum absolute atomic E-state index is 0.208. The van der Waals surface area contributed by atoms with E-state index < -0.39 is 0 Å². The molecule has 5 rings (SSSR count). The van der Waals surface area contributed by atoms with Gasteiger partial charge in [0.05, 0.1) is 28.4 Å². The van der Waals surface area contributed by atoms with Gasteiger partial charge in [-0.3, -0.25) is 9.69 Å². The van der Waals surface area contributed by atoms with E-state index in [9.17, 15) is 4.79 Å². The standard InChI is InChI=1S/C24H27N3O2S/c28-24(27-14-16-29-17-15-27)22(18-6-2-1-3-7-18)26-12-10-19(11-13-26)23-25-20-8-4-5-9-21(20)30-23/h1-9,19,22H,10-17H2. The number of nitrogens with zero attached hydrogens (tertiary/aromatic N) is 3. The maximum atomic E-state index is 13.5. The molecule has 0 aliphatic carbocycles. The molecule has 30 heavy (non-hydrogen) atoms. The molecule has 3 aromatic rings. The summed E-state index contributed by atoms with van der Waals surface area (Å²) < 4.78 is 6.72. The van der Waals surface area contributed by atoms with E-state index in [1.54, 1.807) is 0 Å². The number of morpholine rings is 1. The number of hydrogen-bond donors (Lipinski definition) is 0. The van der Waals surface area contributed by atoms with Gasteiger partial charge in [0.2, 0.25) is 5.91 Å². The van der Waals surface area contributed by atoms with Gasteiger partial charge in [-0.1, -0.05) is 42.5 Å². The first-order valence-electron chi connectivity index (χ1n) is 10.8. The highest BCUT2D eigenvalue weighted by molar-refractivity contribution is 7.18. The third-order valence-electron chi connectivity index (χ3n) is 6.23. The Morgan fingerprint density at radius 3 is 2.40 bits per heavy atom. The quantitative estimate of drug-likeness (QED) is 0.637. The first-order valence-corrected chi connectivity index (χ1v) is 11.6.